The number of carbonyl (C=O) groups is 1. The van der Waals surface area contributed by atoms with Crippen LogP contribution in [-0.2, 0) is 4.79 Å². The Labute approximate surface area is 158 Å². The van der Waals surface area contributed by atoms with Crippen LogP contribution in [0.15, 0.2) is 102 Å². The topological polar surface area (TPSA) is 77.0 Å². The van der Waals surface area contributed by atoms with Crippen LogP contribution in [0.3, 0.4) is 0 Å². The molecule has 0 unspecified atom stereocenters. The van der Waals surface area contributed by atoms with Gasteiger partial charge in [0.25, 0.3) is 5.91 Å². The fraction of sp³-hybridized carbons (Fsp3) is 0. The fourth-order valence-electron chi connectivity index (χ4n) is 2.42. The predicted octanol–water partition coefficient (Wildman–Crippen LogP) is 4.58. The van der Waals surface area contributed by atoms with Crippen LogP contribution in [0.25, 0.3) is 0 Å². The van der Waals surface area contributed by atoms with E-state index in [4.69, 9.17) is 0 Å². The normalized spacial score (nSPS) is 9.59. The highest BCUT2D eigenvalue weighted by Crippen LogP contribution is 2.17. The monoisotopic (exact) mass is 354 g/mol. The molecule has 1 amide bonds. The quantitative estimate of drug-likeness (QED) is 0.447. The standard InChI is InChI=1S/C22H18N4O/c23-16-20(22(27)26-19-14-8-3-9-15-19)21(24-17-10-4-1-5-11-17)25-18-12-6-2-7-13-18/h1-15,24-25H,(H,26,27). The number of nitriles is 1. The van der Waals surface area contributed by atoms with Crippen LogP contribution in [0, 0.1) is 11.3 Å². The molecule has 0 heterocycles. The van der Waals surface area contributed by atoms with E-state index in [0.717, 1.165) is 11.4 Å². The smallest absolute Gasteiger partial charge is 0.270 e. The molecule has 0 radical (unpaired) electrons. The second kappa shape index (κ2) is 8.88. The van der Waals surface area contributed by atoms with Gasteiger partial charge in [-0.15, -0.1) is 0 Å². The number of nitrogens with one attached hydrogen (secondary N) is 3. The van der Waals surface area contributed by atoms with Crippen molar-refractivity contribution in [2.45, 2.75) is 0 Å². The van der Waals surface area contributed by atoms with Crippen LogP contribution in [0.4, 0.5) is 17.1 Å². The highest BCUT2D eigenvalue weighted by Gasteiger charge is 2.17. The molecular weight excluding hydrogens is 336 g/mol. The van der Waals surface area contributed by atoms with Gasteiger partial charge < -0.3 is 16.0 Å². The third kappa shape index (κ3) is 4.97. The van der Waals surface area contributed by atoms with E-state index in [-0.39, 0.29) is 5.57 Å². The molecule has 0 fully saturated rings. The summed E-state index contributed by atoms with van der Waals surface area (Å²) in [5, 5.41) is 18.7. The second-order valence-electron chi connectivity index (χ2n) is 5.66. The van der Waals surface area contributed by atoms with Gasteiger partial charge in [0.05, 0.1) is 0 Å². The lowest BCUT2D eigenvalue weighted by Crippen LogP contribution is -2.21. The highest BCUT2D eigenvalue weighted by molar-refractivity contribution is 6.07. The van der Waals surface area contributed by atoms with Crippen LogP contribution in [-0.4, -0.2) is 5.91 Å². The molecule has 0 spiro atoms. The summed E-state index contributed by atoms with van der Waals surface area (Å²) >= 11 is 0. The van der Waals surface area contributed by atoms with Crippen LogP contribution in [0.5, 0.6) is 0 Å². The molecule has 3 aromatic rings. The van der Waals surface area contributed by atoms with Gasteiger partial charge in [-0.2, -0.15) is 5.26 Å². The first-order valence-corrected chi connectivity index (χ1v) is 8.41. The Kier molecular flexibility index (Phi) is 5.85. The number of amides is 1. The molecule has 5 nitrogen and oxygen atoms in total. The molecule has 0 aliphatic rings. The van der Waals surface area contributed by atoms with Gasteiger partial charge >= 0.3 is 0 Å². The Hall–Kier alpha value is -4.04. The van der Waals surface area contributed by atoms with Crippen molar-refractivity contribution in [2.24, 2.45) is 0 Å². The lowest BCUT2D eigenvalue weighted by molar-refractivity contribution is -0.112. The molecular formula is C22H18N4O. The molecule has 0 aromatic heterocycles. The average Bonchev–Trinajstić information content (AvgIpc) is 2.71. The SMILES string of the molecule is N#CC(C(=O)Nc1ccccc1)=C(Nc1ccccc1)Nc1ccccc1. The minimum Gasteiger partial charge on any atom is -0.341 e. The Balaban J connectivity index is 1.93. The molecule has 0 saturated carbocycles. The van der Waals surface area contributed by atoms with E-state index in [9.17, 15) is 10.1 Å². The van der Waals surface area contributed by atoms with Gasteiger partial charge in [0, 0.05) is 17.1 Å². The summed E-state index contributed by atoms with van der Waals surface area (Å²) in [5.74, 6) is -0.186. The van der Waals surface area contributed by atoms with Crippen LogP contribution in [0.1, 0.15) is 0 Å². The summed E-state index contributed by atoms with van der Waals surface area (Å²) in [7, 11) is 0. The first-order chi connectivity index (χ1) is 13.3. The Bertz CT molecular complexity index is 918. The second-order valence-corrected chi connectivity index (χ2v) is 5.66. The van der Waals surface area contributed by atoms with E-state index in [1.165, 1.54) is 0 Å². The predicted molar refractivity (Wildman–Crippen MR) is 108 cm³/mol. The van der Waals surface area contributed by atoms with E-state index >= 15 is 0 Å². The van der Waals surface area contributed by atoms with E-state index in [0.29, 0.717) is 11.5 Å². The van der Waals surface area contributed by atoms with Gasteiger partial charge in [-0.1, -0.05) is 54.6 Å². The number of hydrogen-bond acceptors (Lipinski definition) is 4. The van der Waals surface area contributed by atoms with Crippen molar-refractivity contribution >= 4 is 23.0 Å². The van der Waals surface area contributed by atoms with Crippen molar-refractivity contribution < 1.29 is 4.79 Å². The van der Waals surface area contributed by atoms with Gasteiger partial charge in [-0.25, -0.2) is 0 Å². The minimum absolute atomic E-state index is 0.0495. The lowest BCUT2D eigenvalue weighted by atomic mass is 10.2. The van der Waals surface area contributed by atoms with E-state index in [1.54, 1.807) is 12.1 Å². The maximum atomic E-state index is 12.7. The summed E-state index contributed by atoms with van der Waals surface area (Å²) < 4.78 is 0. The number of nitrogens with zero attached hydrogens (tertiary/aromatic N) is 1. The maximum absolute atomic E-state index is 12.7. The molecule has 27 heavy (non-hydrogen) atoms. The Morgan fingerprint density at radius 1 is 0.630 bits per heavy atom. The average molecular weight is 354 g/mol. The van der Waals surface area contributed by atoms with Crippen molar-refractivity contribution in [3.05, 3.63) is 102 Å². The van der Waals surface area contributed by atoms with Gasteiger partial charge in [0.15, 0.2) is 5.57 Å². The van der Waals surface area contributed by atoms with Crippen molar-refractivity contribution in [3.63, 3.8) is 0 Å². The summed E-state index contributed by atoms with van der Waals surface area (Å²) in [5.41, 5.74) is 2.09. The van der Waals surface area contributed by atoms with Crippen LogP contribution >= 0.6 is 0 Å². The third-order valence-corrected chi connectivity index (χ3v) is 3.71. The minimum atomic E-state index is -0.495. The molecule has 0 aliphatic heterocycles. The van der Waals surface area contributed by atoms with Crippen LogP contribution < -0.4 is 16.0 Å². The number of rotatable bonds is 6. The van der Waals surface area contributed by atoms with Crippen LogP contribution in [0.2, 0.25) is 0 Å². The number of anilines is 3. The molecule has 3 N–H and O–H groups in total. The Morgan fingerprint density at radius 2 is 1.00 bits per heavy atom. The maximum Gasteiger partial charge on any atom is 0.270 e. The summed E-state index contributed by atoms with van der Waals surface area (Å²) in [6, 6.07) is 29.7. The number of para-hydroxylation sites is 3. The molecule has 0 saturated heterocycles. The molecule has 5 heteroatoms. The van der Waals surface area contributed by atoms with Gasteiger partial charge in [0.1, 0.15) is 11.9 Å². The first-order valence-electron chi connectivity index (χ1n) is 8.41. The molecule has 0 bridgehead atoms. The number of benzene rings is 3. The summed E-state index contributed by atoms with van der Waals surface area (Å²) in [6.45, 7) is 0. The number of hydrogen-bond donors (Lipinski definition) is 3. The van der Waals surface area contributed by atoms with Crippen molar-refractivity contribution in [3.8, 4) is 6.07 Å². The summed E-state index contributed by atoms with van der Waals surface area (Å²) in [4.78, 5) is 12.7. The van der Waals surface area contributed by atoms with Gasteiger partial charge in [-0.05, 0) is 36.4 Å². The van der Waals surface area contributed by atoms with E-state index in [2.05, 4.69) is 16.0 Å². The van der Waals surface area contributed by atoms with Gasteiger partial charge in [0.2, 0.25) is 0 Å². The molecule has 0 aliphatic carbocycles. The molecule has 0 atom stereocenters. The number of carbonyl (C=O) groups excluding carboxylic acids is 1. The molecule has 3 aromatic carbocycles. The van der Waals surface area contributed by atoms with Gasteiger partial charge in [-0.3, -0.25) is 4.79 Å². The third-order valence-electron chi connectivity index (χ3n) is 3.71. The molecule has 3 rings (SSSR count). The Morgan fingerprint density at radius 3 is 1.37 bits per heavy atom. The van der Waals surface area contributed by atoms with Crippen molar-refractivity contribution in [2.75, 3.05) is 16.0 Å². The fourth-order valence-corrected chi connectivity index (χ4v) is 2.42. The zero-order chi connectivity index (χ0) is 18.9. The van der Waals surface area contributed by atoms with E-state index < -0.39 is 5.91 Å². The summed E-state index contributed by atoms with van der Waals surface area (Å²) in [6.07, 6.45) is 0. The van der Waals surface area contributed by atoms with Crippen molar-refractivity contribution in [1.29, 1.82) is 5.26 Å². The zero-order valence-electron chi connectivity index (χ0n) is 14.5. The zero-order valence-corrected chi connectivity index (χ0v) is 14.5. The van der Waals surface area contributed by atoms with Crippen molar-refractivity contribution in [1.82, 2.24) is 0 Å². The first kappa shape index (κ1) is 17.8. The van der Waals surface area contributed by atoms with E-state index in [1.807, 2.05) is 84.9 Å². The lowest BCUT2D eigenvalue weighted by Gasteiger charge is -2.16. The largest absolute Gasteiger partial charge is 0.341 e. The highest BCUT2D eigenvalue weighted by atomic mass is 16.1. The molecule has 132 valence electrons.